The minimum absolute atomic E-state index is 0.192. The molecule has 6 nitrogen and oxygen atoms in total. The van der Waals surface area contributed by atoms with Gasteiger partial charge < -0.3 is 20.1 Å². The predicted octanol–water partition coefficient (Wildman–Crippen LogP) is 8.24. The highest BCUT2D eigenvalue weighted by Crippen LogP contribution is 2.48. The number of hydrogen-bond acceptors (Lipinski definition) is 6. The number of nitrogens with one attached hydrogen (secondary N) is 2. The fourth-order valence-corrected chi connectivity index (χ4v) is 6.98. The summed E-state index contributed by atoms with van der Waals surface area (Å²) in [7, 11) is 6.32. The summed E-state index contributed by atoms with van der Waals surface area (Å²) in [5.41, 5.74) is 6.64. The van der Waals surface area contributed by atoms with Crippen molar-refractivity contribution in [2.45, 2.75) is 37.5 Å². The molecule has 0 atom stereocenters. The predicted molar refractivity (Wildman–Crippen MR) is 165 cm³/mol. The van der Waals surface area contributed by atoms with Crippen LogP contribution in [0.4, 0.5) is 11.4 Å². The number of amides is 2. The van der Waals surface area contributed by atoms with Crippen LogP contribution < -0.4 is 20.1 Å². The van der Waals surface area contributed by atoms with Crippen LogP contribution in [0.1, 0.15) is 43.0 Å². The molecule has 2 amide bonds. The standard InChI is InChI=1S/C32H32N2O4S2/c1-19-7-9-21(3)29(27(19)33-31(35)23-11-15-25(37-5)16-12-23)39-40-30-22(4)10-8-20(2)28(30)34-32(36)24-13-17-26(38-6)18-14-24/h7-18H,1-6H3,(H,33,35)(H,34,36). The molecule has 206 valence electrons. The van der Waals surface area contributed by atoms with Gasteiger partial charge in [-0.2, -0.15) is 0 Å². The Morgan fingerprint density at radius 3 is 1.18 bits per heavy atom. The van der Waals surface area contributed by atoms with Gasteiger partial charge in [0.1, 0.15) is 11.5 Å². The Kier molecular flexibility index (Phi) is 9.45. The van der Waals surface area contributed by atoms with Crippen molar-refractivity contribution in [1.29, 1.82) is 0 Å². The van der Waals surface area contributed by atoms with Gasteiger partial charge in [0.15, 0.2) is 0 Å². The minimum atomic E-state index is -0.192. The molecule has 0 saturated carbocycles. The summed E-state index contributed by atoms with van der Waals surface area (Å²) < 4.78 is 10.4. The lowest BCUT2D eigenvalue weighted by Crippen LogP contribution is -2.14. The number of rotatable bonds is 9. The highest BCUT2D eigenvalue weighted by molar-refractivity contribution is 8.76. The Morgan fingerprint density at radius 2 is 0.850 bits per heavy atom. The third-order valence-corrected chi connectivity index (χ3v) is 9.23. The Hall–Kier alpha value is -3.88. The molecule has 0 heterocycles. The first-order valence-electron chi connectivity index (χ1n) is 12.7. The summed E-state index contributed by atoms with van der Waals surface area (Å²) in [5, 5.41) is 6.24. The molecule has 0 aliphatic carbocycles. The van der Waals surface area contributed by atoms with Crippen molar-refractivity contribution in [1.82, 2.24) is 0 Å². The topological polar surface area (TPSA) is 76.7 Å². The van der Waals surface area contributed by atoms with Crippen LogP contribution in [0.5, 0.6) is 11.5 Å². The number of methoxy groups -OCH3 is 2. The van der Waals surface area contributed by atoms with E-state index in [1.807, 2.05) is 39.8 Å². The van der Waals surface area contributed by atoms with Gasteiger partial charge in [-0.1, -0.05) is 24.3 Å². The second-order valence-electron chi connectivity index (χ2n) is 9.34. The van der Waals surface area contributed by atoms with E-state index < -0.39 is 0 Å². The molecule has 4 aromatic carbocycles. The first-order chi connectivity index (χ1) is 19.2. The zero-order valence-electron chi connectivity index (χ0n) is 23.4. The van der Waals surface area contributed by atoms with E-state index in [-0.39, 0.29) is 11.8 Å². The second-order valence-corrected chi connectivity index (χ2v) is 11.5. The van der Waals surface area contributed by atoms with E-state index >= 15 is 0 Å². The molecule has 0 spiro atoms. The van der Waals surface area contributed by atoms with Gasteiger partial charge in [-0.15, -0.1) is 0 Å². The molecule has 40 heavy (non-hydrogen) atoms. The van der Waals surface area contributed by atoms with Crippen molar-refractivity contribution in [2.75, 3.05) is 24.9 Å². The fraction of sp³-hybridized carbons (Fsp3) is 0.188. The molecule has 0 unspecified atom stereocenters. The van der Waals surface area contributed by atoms with Crippen LogP contribution in [0, 0.1) is 27.7 Å². The summed E-state index contributed by atoms with van der Waals surface area (Å²) in [6.07, 6.45) is 0. The quantitative estimate of drug-likeness (QED) is 0.197. The minimum Gasteiger partial charge on any atom is -0.497 e. The van der Waals surface area contributed by atoms with Gasteiger partial charge in [0.05, 0.1) is 25.6 Å². The van der Waals surface area contributed by atoms with Crippen LogP contribution in [0.2, 0.25) is 0 Å². The van der Waals surface area contributed by atoms with E-state index in [0.29, 0.717) is 22.6 Å². The summed E-state index contributed by atoms with van der Waals surface area (Å²) in [4.78, 5) is 28.2. The summed E-state index contributed by atoms with van der Waals surface area (Å²) >= 11 is 0. The molecular formula is C32H32N2O4S2. The van der Waals surface area contributed by atoms with Gasteiger partial charge in [0.2, 0.25) is 0 Å². The SMILES string of the molecule is COc1ccc(C(=O)Nc2c(C)ccc(C)c2SSc2c(C)ccc(C)c2NC(=O)c2ccc(OC)cc2)cc1. The van der Waals surface area contributed by atoms with Crippen LogP contribution in [0.3, 0.4) is 0 Å². The molecule has 2 N–H and O–H groups in total. The van der Waals surface area contributed by atoms with E-state index in [0.717, 1.165) is 43.4 Å². The van der Waals surface area contributed by atoms with Crippen molar-refractivity contribution in [3.8, 4) is 11.5 Å². The molecule has 0 fully saturated rings. The number of aryl methyl sites for hydroxylation is 4. The van der Waals surface area contributed by atoms with Gasteiger partial charge in [-0.3, -0.25) is 9.59 Å². The van der Waals surface area contributed by atoms with E-state index in [9.17, 15) is 9.59 Å². The van der Waals surface area contributed by atoms with Crippen LogP contribution in [0.25, 0.3) is 0 Å². The maximum atomic E-state index is 13.1. The van der Waals surface area contributed by atoms with Crippen LogP contribution in [0.15, 0.2) is 82.6 Å². The van der Waals surface area contributed by atoms with Gasteiger partial charge >= 0.3 is 0 Å². The number of anilines is 2. The lowest BCUT2D eigenvalue weighted by atomic mass is 10.1. The average Bonchev–Trinajstić information content (AvgIpc) is 2.97. The number of hydrogen-bond donors (Lipinski definition) is 2. The lowest BCUT2D eigenvalue weighted by molar-refractivity contribution is 0.101. The third-order valence-electron chi connectivity index (χ3n) is 6.52. The number of carbonyl (C=O) groups excluding carboxylic acids is 2. The molecular weight excluding hydrogens is 540 g/mol. The molecule has 8 heteroatoms. The van der Waals surface area contributed by atoms with Crippen molar-refractivity contribution >= 4 is 44.8 Å². The molecule has 4 rings (SSSR count). The normalized spacial score (nSPS) is 10.7. The van der Waals surface area contributed by atoms with Crippen LogP contribution >= 0.6 is 21.6 Å². The van der Waals surface area contributed by atoms with Gasteiger partial charge in [-0.05, 0) is 120 Å². The van der Waals surface area contributed by atoms with Gasteiger partial charge in [-0.25, -0.2) is 0 Å². The average molecular weight is 573 g/mol. The molecule has 0 aliphatic heterocycles. The second kappa shape index (κ2) is 13.0. The first-order valence-corrected chi connectivity index (χ1v) is 14.8. The Morgan fingerprint density at radius 1 is 0.525 bits per heavy atom. The number of benzene rings is 4. The summed E-state index contributed by atoms with van der Waals surface area (Å²) in [6.45, 7) is 8.02. The van der Waals surface area contributed by atoms with Crippen molar-refractivity contribution in [3.63, 3.8) is 0 Å². The number of carbonyl (C=O) groups is 2. The maximum absolute atomic E-state index is 13.1. The number of ether oxygens (including phenoxy) is 2. The van der Waals surface area contributed by atoms with E-state index in [1.54, 1.807) is 84.3 Å². The highest BCUT2D eigenvalue weighted by Gasteiger charge is 2.19. The molecule has 4 aromatic rings. The molecule has 0 saturated heterocycles. The summed E-state index contributed by atoms with van der Waals surface area (Å²) in [5.74, 6) is 1.00. The summed E-state index contributed by atoms with van der Waals surface area (Å²) in [6, 6.07) is 22.2. The molecule has 0 aliphatic rings. The largest absolute Gasteiger partial charge is 0.497 e. The fourth-order valence-electron chi connectivity index (χ4n) is 4.04. The molecule has 0 bridgehead atoms. The maximum Gasteiger partial charge on any atom is 0.255 e. The highest BCUT2D eigenvalue weighted by atomic mass is 33.1. The van der Waals surface area contributed by atoms with Crippen molar-refractivity contribution < 1.29 is 19.1 Å². The Bertz CT molecular complexity index is 1420. The zero-order valence-corrected chi connectivity index (χ0v) is 25.0. The first kappa shape index (κ1) is 29.1. The van der Waals surface area contributed by atoms with E-state index in [4.69, 9.17) is 9.47 Å². The lowest BCUT2D eigenvalue weighted by Gasteiger charge is -2.19. The van der Waals surface area contributed by atoms with Gasteiger partial charge in [0.25, 0.3) is 11.8 Å². The Labute approximate surface area is 243 Å². The smallest absolute Gasteiger partial charge is 0.255 e. The van der Waals surface area contributed by atoms with E-state index in [2.05, 4.69) is 22.8 Å². The van der Waals surface area contributed by atoms with Crippen molar-refractivity contribution in [3.05, 3.63) is 106 Å². The third kappa shape index (κ3) is 6.63. The van der Waals surface area contributed by atoms with E-state index in [1.165, 1.54) is 0 Å². The zero-order chi connectivity index (χ0) is 28.8. The van der Waals surface area contributed by atoms with Gasteiger partial charge in [0, 0.05) is 20.9 Å². The van der Waals surface area contributed by atoms with Crippen LogP contribution in [-0.4, -0.2) is 26.0 Å². The van der Waals surface area contributed by atoms with Crippen molar-refractivity contribution in [2.24, 2.45) is 0 Å². The molecule has 0 aromatic heterocycles. The van der Waals surface area contributed by atoms with Crippen LogP contribution in [-0.2, 0) is 0 Å². The monoisotopic (exact) mass is 572 g/mol. The molecule has 0 radical (unpaired) electrons. The Balaban J connectivity index is 1.60.